The molecule has 2 amide bonds. The van der Waals surface area contributed by atoms with Crippen molar-refractivity contribution in [1.29, 1.82) is 5.26 Å². The molecule has 24 heavy (non-hydrogen) atoms. The standard InChI is InChI=1S/C15H15ClN6O2/c16-9-3-5-10(6-4-9)20-15(24)14(23)19-7-1-2-12-11(8-17)13(18)22-21-12/h3-6H,1-2,7H2,(H,19,23)(H,20,24)(H3,18,21,22). The molecule has 0 unspecified atom stereocenters. The zero-order valence-corrected chi connectivity index (χ0v) is 13.4. The van der Waals surface area contributed by atoms with Crippen molar-refractivity contribution >= 4 is 34.9 Å². The van der Waals surface area contributed by atoms with E-state index in [0.717, 1.165) is 0 Å². The van der Waals surface area contributed by atoms with E-state index < -0.39 is 11.8 Å². The van der Waals surface area contributed by atoms with Gasteiger partial charge in [0, 0.05) is 17.3 Å². The minimum Gasteiger partial charge on any atom is -0.381 e. The third kappa shape index (κ3) is 4.47. The number of hydrogen-bond acceptors (Lipinski definition) is 5. The fourth-order valence-corrected chi connectivity index (χ4v) is 2.09. The van der Waals surface area contributed by atoms with Crippen LogP contribution in [0.15, 0.2) is 24.3 Å². The molecule has 0 aliphatic carbocycles. The lowest BCUT2D eigenvalue weighted by Crippen LogP contribution is -2.36. The number of carbonyl (C=O) groups is 2. The van der Waals surface area contributed by atoms with Gasteiger partial charge in [0.2, 0.25) is 0 Å². The number of amides is 2. The highest BCUT2D eigenvalue weighted by atomic mass is 35.5. The molecular weight excluding hydrogens is 332 g/mol. The fourth-order valence-electron chi connectivity index (χ4n) is 1.97. The summed E-state index contributed by atoms with van der Waals surface area (Å²) < 4.78 is 0. The summed E-state index contributed by atoms with van der Waals surface area (Å²) in [6.45, 7) is 0.274. The lowest BCUT2D eigenvalue weighted by Gasteiger charge is -2.06. The summed E-state index contributed by atoms with van der Waals surface area (Å²) in [5.41, 5.74) is 6.92. The molecule has 124 valence electrons. The number of nitriles is 1. The third-order valence-corrected chi connectivity index (χ3v) is 3.43. The molecule has 8 nitrogen and oxygen atoms in total. The van der Waals surface area contributed by atoms with Crippen LogP contribution in [0.3, 0.4) is 0 Å². The van der Waals surface area contributed by atoms with Crippen molar-refractivity contribution in [3.8, 4) is 6.07 Å². The van der Waals surface area contributed by atoms with Gasteiger partial charge in [-0.2, -0.15) is 10.4 Å². The molecule has 2 aromatic rings. The van der Waals surface area contributed by atoms with Crippen molar-refractivity contribution in [2.75, 3.05) is 17.6 Å². The van der Waals surface area contributed by atoms with Crippen LogP contribution in [-0.2, 0) is 16.0 Å². The van der Waals surface area contributed by atoms with Crippen molar-refractivity contribution in [2.45, 2.75) is 12.8 Å². The maximum atomic E-state index is 11.7. The first kappa shape index (κ1) is 17.3. The van der Waals surface area contributed by atoms with E-state index in [-0.39, 0.29) is 12.4 Å². The second kappa shape index (κ2) is 7.99. The predicted octanol–water partition coefficient (Wildman–Crippen LogP) is 1.20. The minimum absolute atomic E-state index is 0.152. The van der Waals surface area contributed by atoms with E-state index in [1.807, 2.05) is 6.07 Å². The van der Waals surface area contributed by atoms with Crippen molar-refractivity contribution in [3.63, 3.8) is 0 Å². The molecule has 0 saturated carbocycles. The first-order valence-corrected chi connectivity index (χ1v) is 7.46. The van der Waals surface area contributed by atoms with Crippen LogP contribution in [0, 0.1) is 11.3 Å². The number of anilines is 2. The van der Waals surface area contributed by atoms with Gasteiger partial charge in [-0.05, 0) is 37.1 Å². The average Bonchev–Trinajstić information content (AvgIpc) is 2.93. The number of H-pyrrole nitrogens is 1. The number of halogens is 1. The van der Waals surface area contributed by atoms with Crippen LogP contribution in [0.25, 0.3) is 0 Å². The number of nitrogen functional groups attached to an aromatic ring is 1. The molecule has 0 aliphatic heterocycles. The molecular formula is C15H15ClN6O2. The van der Waals surface area contributed by atoms with E-state index in [0.29, 0.717) is 34.8 Å². The zero-order chi connectivity index (χ0) is 17.5. The lowest BCUT2D eigenvalue weighted by molar-refractivity contribution is -0.136. The number of carbonyl (C=O) groups excluding carboxylic acids is 2. The van der Waals surface area contributed by atoms with E-state index in [2.05, 4.69) is 20.8 Å². The molecule has 0 atom stereocenters. The van der Waals surface area contributed by atoms with Crippen LogP contribution in [0.5, 0.6) is 0 Å². The van der Waals surface area contributed by atoms with Gasteiger partial charge < -0.3 is 16.4 Å². The number of aromatic nitrogens is 2. The van der Waals surface area contributed by atoms with Crippen LogP contribution in [-0.4, -0.2) is 28.6 Å². The normalized spacial score (nSPS) is 10.0. The molecule has 0 radical (unpaired) electrons. The maximum Gasteiger partial charge on any atom is 0.313 e. The number of aryl methyl sites for hydroxylation is 1. The first-order valence-electron chi connectivity index (χ1n) is 7.09. The highest BCUT2D eigenvalue weighted by molar-refractivity contribution is 6.39. The molecule has 0 bridgehead atoms. The molecule has 0 spiro atoms. The van der Waals surface area contributed by atoms with E-state index in [1.165, 1.54) is 0 Å². The topological polar surface area (TPSA) is 137 Å². The Bertz CT molecular complexity index is 778. The summed E-state index contributed by atoms with van der Waals surface area (Å²) in [6, 6.07) is 8.38. The van der Waals surface area contributed by atoms with Crippen LogP contribution in [0.4, 0.5) is 11.5 Å². The van der Waals surface area contributed by atoms with E-state index in [4.69, 9.17) is 22.6 Å². The van der Waals surface area contributed by atoms with Crippen molar-refractivity contribution in [2.24, 2.45) is 0 Å². The second-order valence-corrected chi connectivity index (χ2v) is 5.33. The number of aromatic amines is 1. The zero-order valence-electron chi connectivity index (χ0n) is 12.6. The largest absolute Gasteiger partial charge is 0.381 e. The fraction of sp³-hybridized carbons (Fsp3) is 0.200. The molecule has 1 heterocycles. The van der Waals surface area contributed by atoms with Crippen LogP contribution in [0.2, 0.25) is 5.02 Å². The molecule has 0 aliphatic rings. The summed E-state index contributed by atoms with van der Waals surface area (Å²) in [6.07, 6.45) is 1.00. The molecule has 5 N–H and O–H groups in total. The van der Waals surface area contributed by atoms with Gasteiger partial charge in [-0.1, -0.05) is 11.6 Å². The summed E-state index contributed by atoms with van der Waals surface area (Å²) in [4.78, 5) is 23.4. The Morgan fingerprint density at radius 1 is 1.29 bits per heavy atom. The minimum atomic E-state index is -0.763. The maximum absolute atomic E-state index is 11.7. The first-order chi connectivity index (χ1) is 11.5. The van der Waals surface area contributed by atoms with Gasteiger partial charge in [-0.25, -0.2) is 0 Å². The highest BCUT2D eigenvalue weighted by Gasteiger charge is 2.14. The summed E-state index contributed by atoms with van der Waals surface area (Å²) in [7, 11) is 0. The van der Waals surface area contributed by atoms with E-state index in [1.54, 1.807) is 24.3 Å². The van der Waals surface area contributed by atoms with Gasteiger partial charge in [0.15, 0.2) is 5.82 Å². The number of rotatable bonds is 5. The van der Waals surface area contributed by atoms with E-state index in [9.17, 15) is 9.59 Å². The Labute approximate surface area is 143 Å². The number of nitrogens with one attached hydrogen (secondary N) is 3. The van der Waals surface area contributed by atoms with Crippen molar-refractivity contribution in [1.82, 2.24) is 15.5 Å². The number of nitrogens with two attached hydrogens (primary N) is 1. The monoisotopic (exact) mass is 346 g/mol. The molecule has 0 saturated heterocycles. The SMILES string of the molecule is N#Cc1c(N)n[nH]c1CCCNC(=O)C(=O)Nc1ccc(Cl)cc1. The highest BCUT2D eigenvalue weighted by Crippen LogP contribution is 2.14. The summed E-state index contributed by atoms with van der Waals surface area (Å²) in [5, 5.41) is 20.9. The molecule has 1 aromatic heterocycles. The molecule has 0 fully saturated rings. The van der Waals surface area contributed by atoms with Crippen molar-refractivity contribution in [3.05, 3.63) is 40.5 Å². The molecule has 9 heteroatoms. The number of benzene rings is 1. The third-order valence-electron chi connectivity index (χ3n) is 3.18. The summed E-state index contributed by atoms with van der Waals surface area (Å²) >= 11 is 5.74. The predicted molar refractivity (Wildman–Crippen MR) is 89.1 cm³/mol. The average molecular weight is 347 g/mol. The van der Waals surface area contributed by atoms with Gasteiger partial charge in [0.1, 0.15) is 11.6 Å². The van der Waals surface area contributed by atoms with Gasteiger partial charge in [-0.15, -0.1) is 0 Å². The van der Waals surface area contributed by atoms with Gasteiger partial charge >= 0.3 is 11.8 Å². The molecule has 1 aromatic carbocycles. The van der Waals surface area contributed by atoms with E-state index >= 15 is 0 Å². The van der Waals surface area contributed by atoms with Gasteiger partial charge in [0.25, 0.3) is 0 Å². The van der Waals surface area contributed by atoms with Crippen molar-refractivity contribution < 1.29 is 9.59 Å². The van der Waals surface area contributed by atoms with Crippen LogP contribution < -0.4 is 16.4 Å². The second-order valence-electron chi connectivity index (χ2n) is 4.89. The van der Waals surface area contributed by atoms with Gasteiger partial charge in [-0.3, -0.25) is 14.7 Å². The Balaban J connectivity index is 1.75. The van der Waals surface area contributed by atoms with Crippen LogP contribution >= 0.6 is 11.6 Å². The molecule has 2 rings (SSSR count). The Kier molecular flexibility index (Phi) is 5.76. The van der Waals surface area contributed by atoms with Gasteiger partial charge in [0.05, 0.1) is 5.69 Å². The number of hydrogen-bond donors (Lipinski definition) is 4. The lowest BCUT2D eigenvalue weighted by atomic mass is 10.1. The Morgan fingerprint density at radius 2 is 2.00 bits per heavy atom. The smallest absolute Gasteiger partial charge is 0.313 e. The quantitative estimate of drug-likeness (QED) is 0.476. The van der Waals surface area contributed by atoms with Crippen LogP contribution in [0.1, 0.15) is 17.7 Å². The Morgan fingerprint density at radius 3 is 2.67 bits per heavy atom. The summed E-state index contributed by atoms with van der Waals surface area (Å²) in [5.74, 6) is -1.35. The Hall–Kier alpha value is -3.05. The number of nitrogens with zero attached hydrogens (tertiary/aromatic N) is 2.